The molecule has 0 bridgehead atoms. The van der Waals surface area contributed by atoms with Crippen molar-refractivity contribution in [3.05, 3.63) is 53.1 Å². The standard InChI is InChI=1S/C22H24ClN5O4/c1-15-13-18(7-8-19(15)26-11-12-32-14-20(26)29)25-22(31)28-10-2-9-27(28)21(30)24-17-5-3-16(23)4-6-17/h3-8,13H,2,9-12,14H2,1H3,(H,24,30)(H,25,31). The van der Waals surface area contributed by atoms with Crippen LogP contribution in [-0.2, 0) is 9.53 Å². The van der Waals surface area contributed by atoms with Crippen LogP contribution in [0, 0.1) is 6.92 Å². The van der Waals surface area contributed by atoms with Crippen LogP contribution >= 0.6 is 11.6 Å². The van der Waals surface area contributed by atoms with Crippen molar-refractivity contribution < 1.29 is 19.1 Å². The Kier molecular flexibility index (Phi) is 6.48. The number of ether oxygens (including phenoxy) is 1. The minimum Gasteiger partial charge on any atom is -0.370 e. The highest BCUT2D eigenvalue weighted by atomic mass is 35.5. The number of hydrogen-bond donors (Lipinski definition) is 2. The number of aryl methyl sites for hydroxylation is 1. The van der Waals surface area contributed by atoms with E-state index >= 15 is 0 Å². The van der Waals surface area contributed by atoms with Crippen LogP contribution in [-0.4, -0.2) is 60.8 Å². The van der Waals surface area contributed by atoms with Gasteiger partial charge in [0.1, 0.15) is 6.61 Å². The molecule has 9 nitrogen and oxygen atoms in total. The third-order valence-electron chi connectivity index (χ3n) is 5.32. The third kappa shape index (κ3) is 4.79. The molecule has 2 fully saturated rings. The lowest BCUT2D eigenvalue weighted by Crippen LogP contribution is -2.48. The van der Waals surface area contributed by atoms with Crippen molar-refractivity contribution in [2.75, 3.05) is 48.4 Å². The quantitative estimate of drug-likeness (QED) is 0.734. The Labute approximate surface area is 190 Å². The second kappa shape index (κ2) is 9.46. The fourth-order valence-corrected chi connectivity index (χ4v) is 3.88. The SMILES string of the molecule is Cc1cc(NC(=O)N2CCCN2C(=O)Nc2ccc(Cl)cc2)ccc1N1CCOCC1=O. The predicted molar refractivity (Wildman–Crippen MR) is 122 cm³/mol. The van der Waals surface area contributed by atoms with Crippen molar-refractivity contribution in [2.24, 2.45) is 0 Å². The summed E-state index contributed by atoms with van der Waals surface area (Å²) in [6.45, 7) is 3.81. The number of urea groups is 2. The molecule has 0 unspecified atom stereocenters. The van der Waals surface area contributed by atoms with E-state index in [2.05, 4.69) is 10.6 Å². The number of halogens is 1. The number of morpholine rings is 1. The molecule has 0 atom stereocenters. The van der Waals surface area contributed by atoms with Crippen molar-refractivity contribution in [3.63, 3.8) is 0 Å². The van der Waals surface area contributed by atoms with Crippen LogP contribution in [0.2, 0.25) is 5.02 Å². The van der Waals surface area contributed by atoms with Gasteiger partial charge in [0, 0.05) is 41.7 Å². The number of rotatable bonds is 3. The zero-order chi connectivity index (χ0) is 22.7. The third-order valence-corrected chi connectivity index (χ3v) is 5.57. The molecular formula is C22H24ClN5O4. The van der Waals surface area contributed by atoms with E-state index in [0.29, 0.717) is 49.1 Å². The molecule has 10 heteroatoms. The fourth-order valence-electron chi connectivity index (χ4n) is 3.75. The minimum absolute atomic E-state index is 0.0702. The van der Waals surface area contributed by atoms with Crippen LogP contribution in [0.25, 0.3) is 0 Å². The molecule has 0 radical (unpaired) electrons. The van der Waals surface area contributed by atoms with Crippen LogP contribution in [0.1, 0.15) is 12.0 Å². The summed E-state index contributed by atoms with van der Waals surface area (Å²) in [5.74, 6) is -0.0875. The van der Waals surface area contributed by atoms with Gasteiger partial charge in [0.25, 0.3) is 5.91 Å². The number of benzene rings is 2. The number of hydrogen-bond acceptors (Lipinski definition) is 4. The van der Waals surface area contributed by atoms with Crippen molar-refractivity contribution in [3.8, 4) is 0 Å². The van der Waals surface area contributed by atoms with Gasteiger partial charge in [-0.25, -0.2) is 19.6 Å². The van der Waals surface area contributed by atoms with E-state index in [-0.39, 0.29) is 12.5 Å². The molecule has 0 spiro atoms. The Balaban J connectivity index is 1.41. The van der Waals surface area contributed by atoms with Crippen LogP contribution in [0.3, 0.4) is 0 Å². The maximum absolute atomic E-state index is 12.9. The molecule has 4 rings (SSSR count). The topological polar surface area (TPSA) is 94.2 Å². The molecule has 2 heterocycles. The highest BCUT2D eigenvalue weighted by molar-refractivity contribution is 6.30. The second-order valence-corrected chi connectivity index (χ2v) is 8.00. The molecule has 2 aromatic carbocycles. The van der Waals surface area contributed by atoms with Gasteiger partial charge < -0.3 is 20.3 Å². The average molecular weight is 458 g/mol. The molecule has 2 N–H and O–H groups in total. The summed E-state index contributed by atoms with van der Waals surface area (Å²) in [5.41, 5.74) is 2.83. The normalized spacial score (nSPS) is 16.3. The van der Waals surface area contributed by atoms with Crippen molar-refractivity contribution in [2.45, 2.75) is 13.3 Å². The highest BCUT2D eigenvalue weighted by Crippen LogP contribution is 2.25. The van der Waals surface area contributed by atoms with Crippen LogP contribution in [0.5, 0.6) is 0 Å². The number of nitrogens with one attached hydrogen (secondary N) is 2. The predicted octanol–water partition coefficient (Wildman–Crippen LogP) is 3.70. The van der Waals surface area contributed by atoms with Crippen molar-refractivity contribution >= 4 is 46.6 Å². The molecule has 0 saturated carbocycles. The summed E-state index contributed by atoms with van der Waals surface area (Å²) in [6, 6.07) is 11.3. The average Bonchev–Trinajstić information content (AvgIpc) is 3.27. The van der Waals surface area contributed by atoms with E-state index in [1.165, 1.54) is 10.0 Å². The number of carbonyl (C=O) groups is 3. The van der Waals surface area contributed by atoms with E-state index in [4.69, 9.17) is 16.3 Å². The van der Waals surface area contributed by atoms with Gasteiger partial charge in [-0.2, -0.15) is 0 Å². The Bertz CT molecular complexity index is 1030. The number of anilines is 3. The lowest BCUT2D eigenvalue weighted by Gasteiger charge is -2.29. The molecule has 0 aromatic heterocycles. The lowest BCUT2D eigenvalue weighted by molar-refractivity contribution is -0.125. The highest BCUT2D eigenvalue weighted by Gasteiger charge is 2.31. The van der Waals surface area contributed by atoms with Gasteiger partial charge in [-0.15, -0.1) is 0 Å². The number of amides is 5. The maximum Gasteiger partial charge on any atom is 0.340 e. The molecule has 2 aliphatic heterocycles. The van der Waals surface area contributed by atoms with Crippen LogP contribution in [0.15, 0.2) is 42.5 Å². The first-order chi connectivity index (χ1) is 15.4. The van der Waals surface area contributed by atoms with Gasteiger partial charge >= 0.3 is 12.1 Å². The number of nitrogens with zero attached hydrogens (tertiary/aromatic N) is 3. The zero-order valence-electron chi connectivity index (χ0n) is 17.6. The van der Waals surface area contributed by atoms with E-state index in [1.54, 1.807) is 35.2 Å². The first-order valence-electron chi connectivity index (χ1n) is 10.3. The van der Waals surface area contributed by atoms with E-state index in [1.807, 2.05) is 19.1 Å². The Morgan fingerprint density at radius 2 is 1.56 bits per heavy atom. The lowest BCUT2D eigenvalue weighted by atomic mass is 10.1. The molecule has 2 saturated heterocycles. The summed E-state index contributed by atoms with van der Waals surface area (Å²) in [4.78, 5) is 39.3. The van der Waals surface area contributed by atoms with Crippen molar-refractivity contribution in [1.29, 1.82) is 0 Å². The molecule has 0 aliphatic carbocycles. The fraction of sp³-hybridized carbons (Fsp3) is 0.318. The molecule has 2 aliphatic rings. The van der Waals surface area contributed by atoms with E-state index in [9.17, 15) is 14.4 Å². The smallest absolute Gasteiger partial charge is 0.340 e. The van der Waals surface area contributed by atoms with Crippen molar-refractivity contribution in [1.82, 2.24) is 10.0 Å². The number of hydrazine groups is 1. The molecule has 32 heavy (non-hydrogen) atoms. The summed E-state index contributed by atoms with van der Waals surface area (Å²) in [7, 11) is 0. The van der Waals surface area contributed by atoms with Gasteiger partial charge in [-0.1, -0.05) is 11.6 Å². The Morgan fingerprint density at radius 1 is 0.938 bits per heavy atom. The molecule has 2 aromatic rings. The largest absolute Gasteiger partial charge is 0.370 e. The molecular weight excluding hydrogens is 434 g/mol. The summed E-state index contributed by atoms with van der Waals surface area (Å²) in [6.07, 6.45) is 0.679. The summed E-state index contributed by atoms with van der Waals surface area (Å²) >= 11 is 5.88. The van der Waals surface area contributed by atoms with Gasteiger partial charge in [0.15, 0.2) is 0 Å². The first-order valence-corrected chi connectivity index (χ1v) is 10.7. The summed E-state index contributed by atoms with van der Waals surface area (Å²) < 4.78 is 5.18. The van der Waals surface area contributed by atoms with Crippen LogP contribution in [0.4, 0.5) is 26.7 Å². The Hall–Kier alpha value is -3.30. The summed E-state index contributed by atoms with van der Waals surface area (Å²) in [5, 5.41) is 8.97. The van der Waals surface area contributed by atoms with E-state index in [0.717, 1.165) is 11.3 Å². The van der Waals surface area contributed by atoms with Gasteiger partial charge in [0.2, 0.25) is 0 Å². The molecule has 168 valence electrons. The Morgan fingerprint density at radius 3 is 2.19 bits per heavy atom. The monoisotopic (exact) mass is 457 g/mol. The minimum atomic E-state index is -0.400. The number of carbonyl (C=O) groups excluding carboxylic acids is 3. The zero-order valence-corrected chi connectivity index (χ0v) is 18.4. The van der Waals surface area contributed by atoms with Gasteiger partial charge in [-0.05, 0) is 61.4 Å². The maximum atomic E-state index is 12.9. The van der Waals surface area contributed by atoms with Crippen LogP contribution < -0.4 is 15.5 Å². The second-order valence-electron chi connectivity index (χ2n) is 7.57. The van der Waals surface area contributed by atoms with E-state index < -0.39 is 12.1 Å². The van der Waals surface area contributed by atoms with Gasteiger partial charge in [-0.3, -0.25) is 4.79 Å². The first kappa shape index (κ1) is 21.9. The van der Waals surface area contributed by atoms with Gasteiger partial charge in [0.05, 0.1) is 6.61 Å². The molecule has 5 amide bonds.